The fraction of sp³-hybridized carbons (Fsp3) is 0.167. The first kappa shape index (κ1) is 9.95. The molecule has 0 radical (unpaired) electrons. The van der Waals surface area contributed by atoms with Crippen molar-refractivity contribution in [3.8, 4) is 6.07 Å². The van der Waals surface area contributed by atoms with E-state index in [2.05, 4.69) is 4.98 Å². The normalized spacial score (nSPS) is 10.3. The van der Waals surface area contributed by atoms with Crippen molar-refractivity contribution in [1.82, 2.24) is 4.98 Å². The van der Waals surface area contributed by atoms with Crippen molar-refractivity contribution in [1.29, 1.82) is 5.26 Å². The van der Waals surface area contributed by atoms with Crippen LogP contribution in [0.5, 0.6) is 0 Å². The molecule has 0 aliphatic carbocycles. The van der Waals surface area contributed by atoms with Crippen molar-refractivity contribution in [2.45, 2.75) is 13.8 Å². The lowest BCUT2D eigenvalue weighted by Gasteiger charge is -2.04. The summed E-state index contributed by atoms with van der Waals surface area (Å²) >= 11 is 5.86. The molecule has 0 N–H and O–H groups in total. The molecule has 0 saturated heterocycles. The molecule has 0 saturated carbocycles. The van der Waals surface area contributed by atoms with Crippen LogP contribution in [0.4, 0.5) is 0 Å². The van der Waals surface area contributed by atoms with Gasteiger partial charge in [-0.15, -0.1) is 0 Å². The number of aryl methyl sites for hydroxylation is 2. The van der Waals surface area contributed by atoms with Gasteiger partial charge in [0.05, 0.1) is 11.1 Å². The molecule has 1 aromatic carbocycles. The van der Waals surface area contributed by atoms with Crippen LogP contribution < -0.4 is 0 Å². The van der Waals surface area contributed by atoms with E-state index < -0.39 is 0 Å². The molecule has 0 atom stereocenters. The number of pyridine rings is 1. The van der Waals surface area contributed by atoms with Gasteiger partial charge in [-0.1, -0.05) is 11.6 Å². The molecule has 0 bridgehead atoms. The molecule has 2 rings (SSSR count). The average molecular weight is 217 g/mol. The number of rotatable bonds is 0. The van der Waals surface area contributed by atoms with Gasteiger partial charge in [-0.2, -0.15) is 5.26 Å². The minimum absolute atomic E-state index is 0.272. The van der Waals surface area contributed by atoms with Crippen LogP contribution in [-0.2, 0) is 0 Å². The second kappa shape index (κ2) is 3.52. The maximum Gasteiger partial charge on any atom is 0.147 e. The molecule has 0 fully saturated rings. The van der Waals surface area contributed by atoms with Gasteiger partial charge in [0.15, 0.2) is 0 Å². The molecule has 0 amide bonds. The molecule has 0 unspecified atom stereocenters. The topological polar surface area (TPSA) is 36.7 Å². The molecule has 1 heterocycles. The number of aromatic nitrogens is 1. The lowest BCUT2D eigenvalue weighted by molar-refractivity contribution is 1.32. The van der Waals surface area contributed by atoms with Gasteiger partial charge in [0.2, 0.25) is 0 Å². The maximum absolute atomic E-state index is 8.83. The Hall–Kier alpha value is -1.59. The van der Waals surface area contributed by atoms with Crippen LogP contribution in [0.25, 0.3) is 10.9 Å². The summed E-state index contributed by atoms with van der Waals surface area (Å²) in [4.78, 5) is 4.19. The lowest BCUT2D eigenvalue weighted by Crippen LogP contribution is -1.88. The smallest absolute Gasteiger partial charge is 0.147 e. The predicted octanol–water partition coefficient (Wildman–Crippen LogP) is 3.38. The van der Waals surface area contributed by atoms with Crippen LogP contribution in [0.15, 0.2) is 18.2 Å². The van der Waals surface area contributed by atoms with Crippen LogP contribution in [0.1, 0.15) is 16.7 Å². The van der Waals surface area contributed by atoms with Crippen LogP contribution in [0, 0.1) is 25.2 Å². The van der Waals surface area contributed by atoms with E-state index in [4.69, 9.17) is 16.9 Å². The SMILES string of the molecule is Cc1cc2cc(C#N)c(Cl)nc2cc1C. The molecule has 2 aromatic rings. The maximum atomic E-state index is 8.83. The van der Waals surface area contributed by atoms with Gasteiger partial charge in [0.25, 0.3) is 0 Å². The first-order chi connectivity index (χ1) is 7.11. The average Bonchev–Trinajstić information content (AvgIpc) is 2.20. The van der Waals surface area contributed by atoms with Gasteiger partial charge >= 0.3 is 0 Å². The van der Waals surface area contributed by atoms with Gasteiger partial charge in [0.1, 0.15) is 11.2 Å². The van der Waals surface area contributed by atoms with Crippen molar-refractivity contribution in [2.75, 3.05) is 0 Å². The minimum atomic E-state index is 0.272. The number of nitrogens with zero attached hydrogens (tertiary/aromatic N) is 2. The van der Waals surface area contributed by atoms with E-state index in [0.717, 1.165) is 10.9 Å². The molecular weight excluding hydrogens is 208 g/mol. The second-order valence-corrected chi connectivity index (χ2v) is 3.93. The summed E-state index contributed by atoms with van der Waals surface area (Å²) in [6, 6.07) is 7.81. The lowest BCUT2D eigenvalue weighted by atomic mass is 10.1. The van der Waals surface area contributed by atoms with Crippen molar-refractivity contribution >= 4 is 22.5 Å². The Kier molecular flexibility index (Phi) is 2.34. The van der Waals surface area contributed by atoms with E-state index in [1.165, 1.54) is 11.1 Å². The number of hydrogen-bond acceptors (Lipinski definition) is 2. The molecule has 3 heteroatoms. The van der Waals surface area contributed by atoms with Crippen LogP contribution in [0.2, 0.25) is 5.15 Å². The highest BCUT2D eigenvalue weighted by Crippen LogP contribution is 2.22. The van der Waals surface area contributed by atoms with Gasteiger partial charge in [-0.25, -0.2) is 4.98 Å². The Morgan fingerprint density at radius 2 is 1.87 bits per heavy atom. The number of hydrogen-bond donors (Lipinski definition) is 0. The fourth-order valence-corrected chi connectivity index (χ4v) is 1.68. The summed E-state index contributed by atoms with van der Waals surface area (Å²) in [5.41, 5.74) is 3.63. The second-order valence-electron chi connectivity index (χ2n) is 3.57. The highest BCUT2D eigenvalue weighted by Gasteiger charge is 2.05. The third kappa shape index (κ3) is 1.67. The highest BCUT2D eigenvalue weighted by molar-refractivity contribution is 6.31. The largest absolute Gasteiger partial charge is 0.235 e. The molecule has 74 valence electrons. The number of halogens is 1. The molecule has 15 heavy (non-hydrogen) atoms. The number of nitriles is 1. The molecule has 2 nitrogen and oxygen atoms in total. The van der Waals surface area contributed by atoms with E-state index in [-0.39, 0.29) is 5.15 Å². The van der Waals surface area contributed by atoms with Crippen LogP contribution >= 0.6 is 11.6 Å². The minimum Gasteiger partial charge on any atom is -0.235 e. The third-order valence-corrected chi connectivity index (χ3v) is 2.79. The summed E-state index contributed by atoms with van der Waals surface area (Å²) in [7, 11) is 0. The highest BCUT2D eigenvalue weighted by atomic mass is 35.5. The van der Waals surface area contributed by atoms with Crippen molar-refractivity contribution < 1.29 is 0 Å². The zero-order chi connectivity index (χ0) is 11.0. The zero-order valence-electron chi connectivity index (χ0n) is 8.50. The first-order valence-corrected chi connectivity index (χ1v) is 4.97. The summed E-state index contributed by atoms with van der Waals surface area (Å²) in [6.07, 6.45) is 0. The Morgan fingerprint density at radius 3 is 2.53 bits per heavy atom. The van der Waals surface area contributed by atoms with Crippen molar-refractivity contribution in [2.24, 2.45) is 0 Å². The summed E-state index contributed by atoms with van der Waals surface area (Å²) in [5, 5.41) is 10.1. The summed E-state index contributed by atoms with van der Waals surface area (Å²) < 4.78 is 0. The Balaban J connectivity index is 2.84. The molecule has 0 aliphatic heterocycles. The third-order valence-electron chi connectivity index (χ3n) is 2.50. The van der Waals surface area contributed by atoms with E-state index in [1.807, 2.05) is 32.0 Å². The molecule has 1 aromatic heterocycles. The first-order valence-electron chi connectivity index (χ1n) is 4.59. The fourth-order valence-electron chi connectivity index (χ4n) is 1.50. The van der Waals surface area contributed by atoms with Crippen LogP contribution in [0.3, 0.4) is 0 Å². The molecule has 0 spiro atoms. The van der Waals surface area contributed by atoms with Crippen molar-refractivity contribution in [3.05, 3.63) is 40.0 Å². The van der Waals surface area contributed by atoms with Crippen LogP contribution in [-0.4, -0.2) is 4.98 Å². The van der Waals surface area contributed by atoms with E-state index in [0.29, 0.717) is 5.56 Å². The molecular formula is C12H9ClN2. The summed E-state index contributed by atoms with van der Waals surface area (Å²) in [6.45, 7) is 4.07. The van der Waals surface area contributed by atoms with Gasteiger partial charge < -0.3 is 0 Å². The monoisotopic (exact) mass is 216 g/mol. The van der Waals surface area contributed by atoms with Gasteiger partial charge in [-0.05, 0) is 43.2 Å². The van der Waals surface area contributed by atoms with E-state index in [9.17, 15) is 0 Å². The predicted molar refractivity (Wildman–Crippen MR) is 60.9 cm³/mol. The quantitative estimate of drug-likeness (QED) is 0.633. The van der Waals surface area contributed by atoms with Gasteiger partial charge in [0, 0.05) is 5.39 Å². The Bertz CT molecular complexity index is 582. The number of fused-ring (bicyclic) bond motifs is 1. The standard InChI is InChI=1S/C12H9ClN2/c1-7-3-9-5-10(6-14)12(13)15-11(9)4-8(7)2/h3-5H,1-2H3. The van der Waals surface area contributed by atoms with Crippen molar-refractivity contribution in [3.63, 3.8) is 0 Å². The molecule has 0 aliphatic rings. The Labute approximate surface area is 93.1 Å². The van der Waals surface area contributed by atoms with Gasteiger partial charge in [-0.3, -0.25) is 0 Å². The number of benzene rings is 1. The van der Waals surface area contributed by atoms with E-state index in [1.54, 1.807) is 6.07 Å². The summed E-state index contributed by atoms with van der Waals surface area (Å²) in [5.74, 6) is 0. The van der Waals surface area contributed by atoms with E-state index >= 15 is 0 Å². The Morgan fingerprint density at radius 1 is 1.20 bits per heavy atom. The zero-order valence-corrected chi connectivity index (χ0v) is 9.26.